The highest BCUT2D eigenvalue weighted by Gasteiger charge is 2.32. The van der Waals surface area contributed by atoms with Crippen molar-refractivity contribution in [2.45, 2.75) is 31.3 Å². The van der Waals surface area contributed by atoms with Crippen molar-refractivity contribution in [3.63, 3.8) is 0 Å². The predicted molar refractivity (Wildman–Crippen MR) is 103 cm³/mol. The molecule has 1 heterocycles. The van der Waals surface area contributed by atoms with Gasteiger partial charge in [0.2, 0.25) is 0 Å². The maximum Gasteiger partial charge on any atom is 0.342 e. The fraction of sp³-hybridized carbons (Fsp3) is 0.300. The molecule has 2 aromatic carbocycles. The van der Waals surface area contributed by atoms with Crippen molar-refractivity contribution in [2.24, 2.45) is 0 Å². The second kappa shape index (κ2) is 7.63. The first-order valence-electron chi connectivity index (χ1n) is 8.76. The van der Waals surface area contributed by atoms with Gasteiger partial charge in [-0.25, -0.2) is 13.2 Å². The predicted octanol–water partition coefficient (Wildman–Crippen LogP) is 2.58. The van der Waals surface area contributed by atoms with E-state index in [9.17, 15) is 18.0 Å². The van der Waals surface area contributed by atoms with Crippen molar-refractivity contribution in [3.8, 4) is 5.75 Å². The third-order valence-corrected chi connectivity index (χ3v) is 6.49. The van der Waals surface area contributed by atoms with E-state index in [4.69, 9.17) is 9.47 Å². The molecule has 0 aliphatic carbocycles. The number of nitrogens with zero attached hydrogens (tertiary/aromatic N) is 1. The summed E-state index contributed by atoms with van der Waals surface area (Å²) in [5.41, 5.74) is 1.53. The molecule has 1 unspecified atom stereocenters. The van der Waals surface area contributed by atoms with Gasteiger partial charge in [-0.2, -0.15) is 0 Å². The van der Waals surface area contributed by atoms with Crippen LogP contribution in [0, 0.1) is 0 Å². The summed E-state index contributed by atoms with van der Waals surface area (Å²) in [7, 11) is -2.51. The Morgan fingerprint density at radius 1 is 1.14 bits per heavy atom. The van der Waals surface area contributed by atoms with E-state index in [0.717, 1.165) is 5.56 Å². The van der Waals surface area contributed by atoms with Crippen molar-refractivity contribution >= 4 is 27.5 Å². The Kier molecular flexibility index (Phi) is 5.42. The number of ether oxygens (including phenoxy) is 2. The van der Waals surface area contributed by atoms with Gasteiger partial charge in [-0.15, -0.1) is 0 Å². The Hall–Kier alpha value is -2.87. The summed E-state index contributed by atoms with van der Waals surface area (Å²) < 4.78 is 38.0. The number of methoxy groups -OCH3 is 1. The van der Waals surface area contributed by atoms with E-state index < -0.39 is 22.1 Å². The van der Waals surface area contributed by atoms with Crippen molar-refractivity contribution in [2.75, 3.05) is 18.0 Å². The van der Waals surface area contributed by atoms with E-state index >= 15 is 0 Å². The Balaban J connectivity index is 1.99. The summed E-state index contributed by atoms with van der Waals surface area (Å²) in [6.45, 7) is 3.09. The van der Waals surface area contributed by atoms with Crippen molar-refractivity contribution < 1.29 is 27.5 Å². The number of para-hydroxylation sites is 1. The zero-order chi connectivity index (χ0) is 20.5. The smallest absolute Gasteiger partial charge is 0.342 e. The van der Waals surface area contributed by atoms with Gasteiger partial charge < -0.3 is 9.47 Å². The average Bonchev–Trinajstić information content (AvgIpc) is 3.12. The molecule has 0 fully saturated rings. The second-order valence-corrected chi connectivity index (χ2v) is 8.34. The summed E-state index contributed by atoms with van der Waals surface area (Å²) in [5, 5.41) is 0. The van der Waals surface area contributed by atoms with E-state index in [1.54, 1.807) is 12.1 Å². The maximum absolute atomic E-state index is 13.2. The van der Waals surface area contributed by atoms with Crippen LogP contribution in [0.4, 0.5) is 5.69 Å². The van der Waals surface area contributed by atoms with Crippen LogP contribution in [0.5, 0.6) is 5.75 Å². The Morgan fingerprint density at radius 3 is 2.54 bits per heavy atom. The molecule has 0 N–H and O–H groups in total. The topological polar surface area (TPSA) is 90.0 Å². The lowest BCUT2D eigenvalue weighted by atomic mass is 10.2. The van der Waals surface area contributed by atoms with E-state index in [1.807, 2.05) is 12.1 Å². The molecule has 1 aliphatic heterocycles. The molecule has 0 spiro atoms. The SMILES string of the molecule is COc1ccc(S(=O)(=O)N2CCc3ccccc32)cc1C(=O)OC(C)C(C)=O. The monoisotopic (exact) mass is 403 g/mol. The molecule has 0 radical (unpaired) electrons. The molecule has 7 nitrogen and oxygen atoms in total. The van der Waals surface area contributed by atoms with Crippen LogP contribution in [0.3, 0.4) is 0 Å². The minimum atomic E-state index is -3.87. The number of esters is 1. The summed E-state index contributed by atoms with van der Waals surface area (Å²) >= 11 is 0. The normalized spacial score (nSPS) is 14.3. The fourth-order valence-corrected chi connectivity index (χ4v) is 4.53. The maximum atomic E-state index is 13.2. The van der Waals surface area contributed by atoms with E-state index in [0.29, 0.717) is 18.7 Å². The number of Topliss-reactive ketones (excluding diaryl/α,β-unsaturated/α-hetero) is 1. The van der Waals surface area contributed by atoms with Crippen LogP contribution >= 0.6 is 0 Å². The molecule has 0 aromatic heterocycles. The molecule has 28 heavy (non-hydrogen) atoms. The third kappa shape index (κ3) is 3.60. The van der Waals surface area contributed by atoms with Crippen molar-refractivity contribution in [3.05, 3.63) is 53.6 Å². The lowest BCUT2D eigenvalue weighted by Crippen LogP contribution is -2.29. The Bertz CT molecular complexity index is 1030. The van der Waals surface area contributed by atoms with Crippen LogP contribution in [-0.4, -0.2) is 39.9 Å². The van der Waals surface area contributed by atoms with Crippen LogP contribution in [0.2, 0.25) is 0 Å². The first-order valence-corrected chi connectivity index (χ1v) is 10.2. The van der Waals surface area contributed by atoms with Crippen LogP contribution in [0.15, 0.2) is 47.4 Å². The lowest BCUT2D eigenvalue weighted by Gasteiger charge is -2.20. The minimum absolute atomic E-state index is 0.0487. The number of sulfonamides is 1. The van der Waals surface area contributed by atoms with Crippen LogP contribution in [0.25, 0.3) is 0 Å². The van der Waals surface area contributed by atoms with Crippen LogP contribution in [0.1, 0.15) is 29.8 Å². The lowest BCUT2D eigenvalue weighted by molar-refractivity contribution is -0.124. The molecule has 8 heteroatoms. The third-order valence-electron chi connectivity index (χ3n) is 4.68. The highest BCUT2D eigenvalue weighted by molar-refractivity contribution is 7.92. The number of carbonyl (C=O) groups excluding carboxylic acids is 2. The zero-order valence-corrected chi connectivity index (χ0v) is 16.7. The number of carbonyl (C=O) groups is 2. The molecule has 2 aromatic rings. The van der Waals surface area contributed by atoms with E-state index in [-0.39, 0.29) is 22.0 Å². The van der Waals surface area contributed by atoms with Gasteiger partial charge in [0, 0.05) is 6.54 Å². The van der Waals surface area contributed by atoms with Crippen LogP contribution in [-0.2, 0) is 26.0 Å². The first kappa shape index (κ1) is 19.9. The summed E-state index contributed by atoms with van der Waals surface area (Å²) in [6, 6.07) is 11.3. The largest absolute Gasteiger partial charge is 0.496 e. The Labute approximate surface area is 163 Å². The van der Waals surface area contributed by atoms with Gasteiger partial charge in [0.25, 0.3) is 10.0 Å². The van der Waals surface area contributed by atoms with Gasteiger partial charge in [-0.05, 0) is 50.1 Å². The number of hydrogen-bond acceptors (Lipinski definition) is 6. The molecule has 148 valence electrons. The van der Waals surface area contributed by atoms with Gasteiger partial charge >= 0.3 is 5.97 Å². The fourth-order valence-electron chi connectivity index (χ4n) is 3.00. The summed E-state index contributed by atoms with van der Waals surface area (Å²) in [6.07, 6.45) is -0.320. The molecule has 1 aliphatic rings. The molecular formula is C20H21NO6S. The number of benzene rings is 2. The van der Waals surface area contributed by atoms with Gasteiger partial charge in [-0.3, -0.25) is 9.10 Å². The second-order valence-electron chi connectivity index (χ2n) is 6.48. The number of hydrogen-bond donors (Lipinski definition) is 0. The highest BCUT2D eigenvalue weighted by Crippen LogP contribution is 2.34. The van der Waals surface area contributed by atoms with Gasteiger partial charge in [0.1, 0.15) is 11.3 Å². The molecular weight excluding hydrogens is 382 g/mol. The molecule has 1 atom stereocenters. The van der Waals surface area contributed by atoms with Crippen molar-refractivity contribution in [1.29, 1.82) is 0 Å². The minimum Gasteiger partial charge on any atom is -0.496 e. The van der Waals surface area contributed by atoms with Crippen LogP contribution < -0.4 is 9.04 Å². The van der Waals surface area contributed by atoms with Gasteiger partial charge in [0.05, 0.1) is 17.7 Å². The zero-order valence-electron chi connectivity index (χ0n) is 15.8. The summed E-state index contributed by atoms with van der Waals surface area (Å²) in [5.74, 6) is -0.968. The Morgan fingerprint density at radius 2 is 1.86 bits per heavy atom. The summed E-state index contributed by atoms with van der Waals surface area (Å²) in [4.78, 5) is 23.8. The van der Waals surface area contributed by atoms with Gasteiger partial charge in [-0.1, -0.05) is 18.2 Å². The molecule has 3 rings (SSSR count). The number of rotatable bonds is 6. The number of ketones is 1. The van der Waals surface area contributed by atoms with E-state index in [1.165, 1.54) is 43.5 Å². The van der Waals surface area contributed by atoms with E-state index in [2.05, 4.69) is 0 Å². The molecule has 0 saturated heterocycles. The highest BCUT2D eigenvalue weighted by atomic mass is 32.2. The standard InChI is InChI=1S/C20H21NO6S/c1-13(22)14(2)27-20(23)17-12-16(8-9-19(17)26-3)28(24,25)21-11-10-15-6-4-5-7-18(15)21/h4-9,12,14H,10-11H2,1-3H3. The van der Waals surface area contributed by atoms with Gasteiger partial charge in [0.15, 0.2) is 11.9 Å². The molecule has 0 saturated carbocycles. The van der Waals surface area contributed by atoms with Crippen molar-refractivity contribution in [1.82, 2.24) is 0 Å². The molecule has 0 amide bonds. The number of anilines is 1. The molecule has 0 bridgehead atoms. The number of fused-ring (bicyclic) bond motifs is 1. The quantitative estimate of drug-likeness (QED) is 0.689. The average molecular weight is 403 g/mol. The first-order chi connectivity index (χ1) is 13.3.